The highest BCUT2D eigenvalue weighted by Gasteiger charge is 2.15. The molecule has 1 rings (SSSR count). The van der Waals surface area contributed by atoms with E-state index in [1.54, 1.807) is 13.0 Å². The second-order valence-electron chi connectivity index (χ2n) is 2.71. The maximum Gasteiger partial charge on any atom is 0.106 e. The normalized spacial score (nSPS) is 15.7. The van der Waals surface area contributed by atoms with Crippen molar-refractivity contribution >= 4 is 15.9 Å². The van der Waals surface area contributed by atoms with Gasteiger partial charge in [-0.2, -0.15) is 0 Å². The fraction of sp³-hybridized carbons (Fsp3) is 0.333. The summed E-state index contributed by atoms with van der Waals surface area (Å²) >= 11 is 3.29. The van der Waals surface area contributed by atoms with Gasteiger partial charge in [0.15, 0.2) is 0 Å². The van der Waals surface area contributed by atoms with Gasteiger partial charge < -0.3 is 10.2 Å². The Morgan fingerprint density at radius 3 is 2.33 bits per heavy atom. The van der Waals surface area contributed by atoms with Crippen LogP contribution in [-0.4, -0.2) is 16.3 Å². The van der Waals surface area contributed by atoms with Gasteiger partial charge in [-0.1, -0.05) is 34.1 Å². The minimum absolute atomic E-state index is 0.715. The van der Waals surface area contributed by atoms with Gasteiger partial charge in [0, 0.05) is 4.47 Å². The molecule has 1 aromatic carbocycles. The molecule has 0 saturated carbocycles. The molecule has 0 aliphatic heterocycles. The summed E-state index contributed by atoms with van der Waals surface area (Å²) in [6.45, 7) is 1.56. The zero-order valence-electron chi connectivity index (χ0n) is 6.74. The molecule has 3 heteroatoms. The highest BCUT2D eigenvalue weighted by atomic mass is 79.9. The van der Waals surface area contributed by atoms with E-state index in [0.29, 0.717) is 5.56 Å². The Labute approximate surface area is 80.0 Å². The van der Waals surface area contributed by atoms with Gasteiger partial charge in [-0.3, -0.25) is 0 Å². The topological polar surface area (TPSA) is 40.5 Å². The summed E-state index contributed by atoms with van der Waals surface area (Å²) in [5.74, 6) is 0. The molecule has 0 aromatic heterocycles. The summed E-state index contributed by atoms with van der Waals surface area (Å²) in [6.07, 6.45) is -1.57. The SMILES string of the molecule is C[C@H](O)[C@@H](O)c1ccccc1Br. The van der Waals surface area contributed by atoms with E-state index in [1.807, 2.05) is 18.2 Å². The fourth-order valence-corrected chi connectivity index (χ4v) is 1.49. The van der Waals surface area contributed by atoms with E-state index in [1.165, 1.54) is 0 Å². The first-order valence-corrected chi connectivity index (χ1v) is 4.53. The second kappa shape index (κ2) is 4.03. The van der Waals surface area contributed by atoms with Crippen molar-refractivity contribution in [3.05, 3.63) is 34.3 Å². The third-order valence-corrected chi connectivity index (χ3v) is 2.40. The molecular formula is C9H11BrO2. The maximum absolute atomic E-state index is 9.50. The van der Waals surface area contributed by atoms with Crippen LogP contribution in [0, 0.1) is 0 Å². The van der Waals surface area contributed by atoms with E-state index < -0.39 is 12.2 Å². The number of aliphatic hydroxyl groups is 2. The highest BCUT2D eigenvalue weighted by molar-refractivity contribution is 9.10. The Hall–Kier alpha value is -0.380. The van der Waals surface area contributed by atoms with Crippen LogP contribution >= 0.6 is 15.9 Å². The van der Waals surface area contributed by atoms with Crippen molar-refractivity contribution in [2.45, 2.75) is 19.1 Å². The number of hydrogen-bond donors (Lipinski definition) is 2. The minimum atomic E-state index is -0.819. The Kier molecular flexibility index (Phi) is 3.26. The van der Waals surface area contributed by atoms with Crippen molar-refractivity contribution < 1.29 is 10.2 Å². The van der Waals surface area contributed by atoms with Crippen molar-refractivity contribution in [3.63, 3.8) is 0 Å². The van der Waals surface area contributed by atoms with E-state index in [4.69, 9.17) is 5.11 Å². The number of hydrogen-bond acceptors (Lipinski definition) is 2. The number of aliphatic hydroxyl groups excluding tert-OH is 2. The molecule has 0 saturated heterocycles. The van der Waals surface area contributed by atoms with Crippen LogP contribution in [0.4, 0.5) is 0 Å². The molecule has 2 atom stereocenters. The number of benzene rings is 1. The van der Waals surface area contributed by atoms with E-state index in [2.05, 4.69) is 15.9 Å². The lowest BCUT2D eigenvalue weighted by Crippen LogP contribution is -2.14. The summed E-state index contributed by atoms with van der Waals surface area (Å²) in [7, 11) is 0. The van der Waals surface area contributed by atoms with Crippen molar-refractivity contribution in [1.29, 1.82) is 0 Å². The van der Waals surface area contributed by atoms with Gasteiger partial charge in [0.25, 0.3) is 0 Å². The van der Waals surface area contributed by atoms with E-state index in [-0.39, 0.29) is 0 Å². The fourth-order valence-electron chi connectivity index (χ4n) is 0.975. The lowest BCUT2D eigenvalue weighted by atomic mass is 10.1. The van der Waals surface area contributed by atoms with Gasteiger partial charge in [-0.25, -0.2) is 0 Å². The van der Waals surface area contributed by atoms with Gasteiger partial charge in [-0.05, 0) is 18.6 Å². The predicted molar refractivity (Wildman–Crippen MR) is 50.8 cm³/mol. The van der Waals surface area contributed by atoms with Gasteiger partial charge in [0.05, 0.1) is 6.10 Å². The second-order valence-corrected chi connectivity index (χ2v) is 3.56. The Morgan fingerprint density at radius 1 is 1.25 bits per heavy atom. The molecule has 0 amide bonds. The number of rotatable bonds is 2. The van der Waals surface area contributed by atoms with Crippen LogP contribution in [0.5, 0.6) is 0 Å². The standard InChI is InChI=1S/C9H11BrO2/c1-6(11)9(12)7-4-2-3-5-8(7)10/h2-6,9,11-12H,1H3/t6-,9+/m0/s1. The summed E-state index contributed by atoms with van der Waals surface area (Å²) in [5, 5.41) is 18.6. The molecule has 0 aliphatic carbocycles. The molecule has 0 heterocycles. The minimum Gasteiger partial charge on any atom is -0.390 e. The van der Waals surface area contributed by atoms with Gasteiger partial charge in [0.2, 0.25) is 0 Å². The zero-order chi connectivity index (χ0) is 9.14. The molecule has 0 bridgehead atoms. The monoisotopic (exact) mass is 230 g/mol. The first-order valence-electron chi connectivity index (χ1n) is 3.73. The average molecular weight is 231 g/mol. The molecule has 0 radical (unpaired) electrons. The predicted octanol–water partition coefficient (Wildman–Crippen LogP) is 1.86. The molecule has 66 valence electrons. The molecule has 2 nitrogen and oxygen atoms in total. The van der Waals surface area contributed by atoms with Gasteiger partial charge in [0.1, 0.15) is 6.10 Å². The summed E-state index contributed by atoms with van der Waals surface area (Å²) in [5.41, 5.74) is 0.715. The lowest BCUT2D eigenvalue weighted by Gasteiger charge is -2.14. The third kappa shape index (κ3) is 2.06. The first-order chi connectivity index (χ1) is 5.63. The summed E-state index contributed by atoms with van der Waals surface area (Å²) < 4.78 is 0.818. The molecule has 1 aromatic rings. The summed E-state index contributed by atoms with van der Waals surface area (Å²) in [4.78, 5) is 0. The largest absolute Gasteiger partial charge is 0.390 e. The zero-order valence-corrected chi connectivity index (χ0v) is 8.32. The van der Waals surface area contributed by atoms with E-state index >= 15 is 0 Å². The van der Waals surface area contributed by atoms with Crippen molar-refractivity contribution in [2.24, 2.45) is 0 Å². The van der Waals surface area contributed by atoms with Crippen LogP contribution in [0.2, 0.25) is 0 Å². The quantitative estimate of drug-likeness (QED) is 0.815. The van der Waals surface area contributed by atoms with Crippen LogP contribution in [0.15, 0.2) is 28.7 Å². The first kappa shape index (κ1) is 9.71. The average Bonchev–Trinajstić information content (AvgIpc) is 2.04. The van der Waals surface area contributed by atoms with Crippen LogP contribution in [0.1, 0.15) is 18.6 Å². The lowest BCUT2D eigenvalue weighted by molar-refractivity contribution is 0.0301. The number of halogens is 1. The molecule has 0 aliphatic rings. The molecule has 0 unspecified atom stereocenters. The third-order valence-electron chi connectivity index (χ3n) is 1.68. The molecule has 0 spiro atoms. The molecule has 0 fully saturated rings. The van der Waals surface area contributed by atoms with Crippen molar-refractivity contribution in [2.75, 3.05) is 0 Å². The van der Waals surface area contributed by atoms with E-state index in [9.17, 15) is 5.11 Å². The van der Waals surface area contributed by atoms with Crippen molar-refractivity contribution in [1.82, 2.24) is 0 Å². The Balaban J connectivity index is 2.94. The van der Waals surface area contributed by atoms with Crippen molar-refractivity contribution in [3.8, 4) is 0 Å². The molecule has 2 N–H and O–H groups in total. The summed E-state index contributed by atoms with van der Waals surface area (Å²) in [6, 6.07) is 7.30. The van der Waals surface area contributed by atoms with Gasteiger partial charge in [-0.15, -0.1) is 0 Å². The Morgan fingerprint density at radius 2 is 1.83 bits per heavy atom. The smallest absolute Gasteiger partial charge is 0.106 e. The molecule has 12 heavy (non-hydrogen) atoms. The highest BCUT2D eigenvalue weighted by Crippen LogP contribution is 2.24. The molecular weight excluding hydrogens is 220 g/mol. The van der Waals surface area contributed by atoms with Gasteiger partial charge >= 0.3 is 0 Å². The van der Waals surface area contributed by atoms with Crippen LogP contribution < -0.4 is 0 Å². The van der Waals surface area contributed by atoms with E-state index in [0.717, 1.165) is 4.47 Å². The van der Waals surface area contributed by atoms with Crippen LogP contribution in [0.25, 0.3) is 0 Å². The van der Waals surface area contributed by atoms with Crippen LogP contribution in [0.3, 0.4) is 0 Å². The Bertz CT molecular complexity index is 260. The van der Waals surface area contributed by atoms with Crippen LogP contribution in [-0.2, 0) is 0 Å². The maximum atomic E-state index is 9.50.